The van der Waals surface area contributed by atoms with E-state index < -0.39 is 34.7 Å². The first-order valence-corrected chi connectivity index (χ1v) is 21.8. The third-order valence-electron chi connectivity index (χ3n) is 10.7. The minimum atomic E-state index is -0.941. The van der Waals surface area contributed by atoms with Crippen LogP contribution in [0.5, 0.6) is 5.75 Å². The van der Waals surface area contributed by atoms with Gasteiger partial charge in [-0.1, -0.05) is 108 Å². The van der Waals surface area contributed by atoms with Crippen LogP contribution < -0.4 is 15.4 Å². The average Bonchev–Trinajstić information content (AvgIpc) is 4.00. The van der Waals surface area contributed by atoms with E-state index >= 15 is 0 Å². The van der Waals surface area contributed by atoms with E-state index in [4.69, 9.17) is 30.9 Å². The summed E-state index contributed by atoms with van der Waals surface area (Å²) in [4.78, 5) is 53.9. The minimum absolute atomic E-state index is 0.00360. The number of hydrogen-bond donors (Lipinski definition) is 2. The molecular formula is C45H42ClN5O6S2. The zero-order valence-electron chi connectivity index (χ0n) is 32.2. The zero-order valence-corrected chi connectivity index (χ0v) is 34.6. The first-order valence-electron chi connectivity index (χ1n) is 19.4. The highest BCUT2D eigenvalue weighted by Gasteiger charge is 2.54. The van der Waals surface area contributed by atoms with Crippen LogP contribution in [0.1, 0.15) is 53.6 Å². The van der Waals surface area contributed by atoms with Gasteiger partial charge >= 0.3 is 5.97 Å². The van der Waals surface area contributed by atoms with Gasteiger partial charge < -0.3 is 24.9 Å². The van der Waals surface area contributed by atoms with E-state index in [0.29, 0.717) is 27.9 Å². The topological polar surface area (TPSA) is 131 Å². The predicted octanol–water partition coefficient (Wildman–Crippen LogP) is 7.86. The number of anilines is 1. The summed E-state index contributed by atoms with van der Waals surface area (Å²) in [6.45, 7) is -0.00360. The van der Waals surface area contributed by atoms with Crippen molar-refractivity contribution < 1.29 is 28.7 Å². The maximum atomic E-state index is 14.3. The highest BCUT2D eigenvalue weighted by atomic mass is 35.5. The number of nitrogens with one attached hydrogen (secondary N) is 2. The lowest BCUT2D eigenvalue weighted by Gasteiger charge is -2.49. The predicted molar refractivity (Wildman–Crippen MR) is 230 cm³/mol. The number of methoxy groups -OCH3 is 1. The molecule has 14 heteroatoms. The SMILES string of the molecule is COc1ccc(COC(=O)C2=C(CCl)CS[C@@H]3C(NC(=O)/C(=N\OC4CCCC4)c4csc(NC(c5ccccc5)(c5ccccc5)c5ccccc5)n4)C(=O)N23)cc1. The van der Waals surface area contributed by atoms with E-state index in [1.807, 2.05) is 54.6 Å². The van der Waals surface area contributed by atoms with Crippen molar-refractivity contribution in [2.45, 2.75) is 55.3 Å². The Kier molecular flexibility index (Phi) is 12.3. The Morgan fingerprint density at radius 2 is 1.51 bits per heavy atom. The van der Waals surface area contributed by atoms with Crippen LogP contribution in [0.25, 0.3) is 0 Å². The van der Waals surface area contributed by atoms with Crippen molar-refractivity contribution in [2.24, 2.45) is 5.16 Å². The lowest BCUT2D eigenvalue weighted by atomic mass is 9.77. The van der Waals surface area contributed by atoms with Gasteiger partial charge in [0.25, 0.3) is 11.8 Å². The second-order valence-corrected chi connectivity index (χ2v) is 16.6. The second kappa shape index (κ2) is 18.1. The van der Waals surface area contributed by atoms with E-state index in [1.165, 1.54) is 28.0 Å². The fraction of sp³-hybridized carbons (Fsp3) is 0.267. The number of esters is 1. The summed E-state index contributed by atoms with van der Waals surface area (Å²) in [5.41, 5.74) is 3.85. The molecule has 5 aromatic rings. The Morgan fingerprint density at radius 1 is 0.898 bits per heavy atom. The molecule has 0 spiro atoms. The standard InChI is InChI=1S/C45H42ClN5O6S2/c1-55-34-23-21-29(22-24-34)26-56-43(54)39-30(25-46)27-58-42-38(41(53)51(39)42)48-40(52)37(50-57-35-19-11-12-20-35)36-28-59-44(47-36)49-45(31-13-5-2-6-14-31,32-15-7-3-8-16-32)33-17-9-4-10-18-33/h2-10,13-18,21-24,28,35,38,42H,11-12,19-20,25-27H2,1H3,(H,47,49)(H,48,52)/b50-37-/t38?,42-/m1/s1. The number of nitrogens with zero attached hydrogens (tertiary/aromatic N) is 3. The van der Waals surface area contributed by atoms with Gasteiger partial charge in [0.05, 0.1) is 7.11 Å². The van der Waals surface area contributed by atoms with E-state index in [0.717, 1.165) is 47.9 Å². The van der Waals surface area contributed by atoms with Gasteiger partial charge in [0.1, 0.15) is 46.8 Å². The van der Waals surface area contributed by atoms with E-state index in [9.17, 15) is 14.4 Å². The molecule has 302 valence electrons. The lowest BCUT2D eigenvalue weighted by molar-refractivity contribution is -0.153. The minimum Gasteiger partial charge on any atom is -0.497 e. The largest absolute Gasteiger partial charge is 0.497 e. The molecule has 1 aromatic heterocycles. The number of amides is 2. The summed E-state index contributed by atoms with van der Waals surface area (Å²) in [6.07, 6.45) is 3.56. The van der Waals surface area contributed by atoms with Crippen LogP contribution in [0.4, 0.5) is 5.13 Å². The molecule has 0 bridgehead atoms. The van der Waals surface area contributed by atoms with E-state index in [-0.39, 0.29) is 30.0 Å². The van der Waals surface area contributed by atoms with Crippen LogP contribution in [0.15, 0.2) is 137 Å². The van der Waals surface area contributed by atoms with Gasteiger partial charge in [0, 0.05) is 17.0 Å². The molecule has 1 unspecified atom stereocenters. The zero-order chi connectivity index (χ0) is 40.8. The molecule has 2 aliphatic heterocycles. The summed E-state index contributed by atoms with van der Waals surface area (Å²) >= 11 is 9.03. The number of β-lactam (4-membered cyclic amide) rings is 1. The van der Waals surface area contributed by atoms with E-state index in [2.05, 4.69) is 52.2 Å². The molecule has 4 aromatic carbocycles. The van der Waals surface area contributed by atoms with Crippen molar-refractivity contribution >= 4 is 63.3 Å². The molecule has 8 rings (SSSR count). The fourth-order valence-corrected chi connectivity index (χ4v) is 10.1. The molecule has 11 nitrogen and oxygen atoms in total. The Hall–Kier alpha value is -5.63. The number of thioether (sulfide) groups is 1. The molecule has 2 fully saturated rings. The van der Waals surface area contributed by atoms with Gasteiger partial charge in [-0.15, -0.1) is 34.7 Å². The lowest BCUT2D eigenvalue weighted by Crippen LogP contribution is -2.71. The van der Waals surface area contributed by atoms with Gasteiger partial charge in [-0.3, -0.25) is 14.5 Å². The van der Waals surface area contributed by atoms with Crippen molar-refractivity contribution in [3.05, 3.63) is 160 Å². The monoisotopic (exact) mass is 847 g/mol. The number of ether oxygens (including phenoxy) is 2. The van der Waals surface area contributed by atoms with Crippen molar-refractivity contribution in [2.75, 3.05) is 24.1 Å². The third kappa shape index (κ3) is 8.32. The number of fused-ring (bicyclic) bond motifs is 1. The highest BCUT2D eigenvalue weighted by Crippen LogP contribution is 2.42. The van der Waals surface area contributed by atoms with Crippen molar-refractivity contribution in [3.63, 3.8) is 0 Å². The number of thiazole rings is 1. The molecule has 1 saturated heterocycles. The molecular weight excluding hydrogens is 806 g/mol. The Bertz CT molecular complexity index is 2240. The van der Waals surface area contributed by atoms with Crippen LogP contribution in [-0.4, -0.2) is 69.6 Å². The number of oxime groups is 1. The maximum Gasteiger partial charge on any atom is 0.355 e. The van der Waals surface area contributed by atoms with Crippen LogP contribution in [0.2, 0.25) is 0 Å². The number of aromatic nitrogens is 1. The first kappa shape index (κ1) is 40.2. The van der Waals surface area contributed by atoms with Gasteiger partial charge in [-0.25, -0.2) is 9.78 Å². The fourth-order valence-electron chi connectivity index (χ4n) is 7.63. The average molecular weight is 848 g/mol. The molecule has 1 aliphatic carbocycles. The number of benzene rings is 4. The molecule has 2 amide bonds. The Balaban J connectivity index is 1.05. The number of rotatable bonds is 15. The normalized spacial score (nSPS) is 18.2. The number of carbonyl (C=O) groups is 3. The molecule has 3 heterocycles. The summed E-state index contributed by atoms with van der Waals surface area (Å²) in [7, 11) is 1.58. The van der Waals surface area contributed by atoms with Crippen LogP contribution in [0, 0.1) is 0 Å². The molecule has 1 saturated carbocycles. The summed E-state index contributed by atoms with van der Waals surface area (Å²) in [6, 6.07) is 36.7. The van der Waals surface area contributed by atoms with E-state index in [1.54, 1.807) is 36.8 Å². The van der Waals surface area contributed by atoms with Gasteiger partial charge in [0.15, 0.2) is 10.8 Å². The molecule has 0 radical (unpaired) electrons. The number of carbonyl (C=O) groups excluding carboxylic acids is 3. The number of hydrogen-bond acceptors (Lipinski definition) is 11. The quantitative estimate of drug-likeness (QED) is 0.0270. The number of halogens is 1. The summed E-state index contributed by atoms with van der Waals surface area (Å²) in [5.74, 6) is -0.620. The van der Waals surface area contributed by atoms with Gasteiger partial charge in [-0.2, -0.15) is 0 Å². The maximum absolute atomic E-state index is 14.3. The number of alkyl halides is 1. The van der Waals surface area contributed by atoms with Crippen LogP contribution in [0.3, 0.4) is 0 Å². The molecule has 59 heavy (non-hydrogen) atoms. The van der Waals surface area contributed by atoms with Crippen LogP contribution >= 0.6 is 34.7 Å². The van der Waals surface area contributed by atoms with Crippen LogP contribution in [-0.2, 0) is 36.1 Å². The summed E-state index contributed by atoms with van der Waals surface area (Å²) < 4.78 is 10.9. The highest BCUT2D eigenvalue weighted by molar-refractivity contribution is 8.00. The molecule has 2 atom stereocenters. The third-order valence-corrected chi connectivity index (χ3v) is 13.1. The van der Waals surface area contributed by atoms with Crippen molar-refractivity contribution in [3.8, 4) is 5.75 Å². The van der Waals surface area contributed by atoms with Crippen molar-refractivity contribution in [1.29, 1.82) is 0 Å². The molecule has 2 N–H and O–H groups in total. The van der Waals surface area contributed by atoms with Gasteiger partial charge in [-0.05, 0) is 65.6 Å². The summed E-state index contributed by atoms with van der Waals surface area (Å²) in [5, 5.41) is 12.8. The Labute approximate surface area is 355 Å². The Morgan fingerprint density at radius 3 is 2.08 bits per heavy atom. The smallest absolute Gasteiger partial charge is 0.355 e. The second-order valence-electron chi connectivity index (χ2n) is 14.3. The van der Waals surface area contributed by atoms with Crippen molar-refractivity contribution in [1.82, 2.24) is 15.2 Å². The first-order chi connectivity index (χ1) is 28.9. The molecule has 3 aliphatic rings. The van der Waals surface area contributed by atoms with Gasteiger partial charge in [0.2, 0.25) is 0 Å².